The SMILES string of the molecule is O=c1cc(-c2ccc(CCCCN3CCCCC3)cc2)oc2c3c(ccc12)OCO3. The molecule has 1 aromatic heterocycles. The first kappa shape index (κ1) is 19.2. The molecular weight excluding hydrogens is 378 g/mol. The van der Waals surface area contributed by atoms with Gasteiger partial charge in [0.2, 0.25) is 12.5 Å². The number of piperidine rings is 1. The van der Waals surface area contributed by atoms with Crippen LogP contribution in [0.25, 0.3) is 22.3 Å². The molecular formula is C25H27NO4. The molecule has 0 radical (unpaired) electrons. The number of fused-ring (bicyclic) bond motifs is 3. The second kappa shape index (κ2) is 8.52. The lowest BCUT2D eigenvalue weighted by Gasteiger charge is -2.26. The molecule has 3 heterocycles. The van der Waals surface area contributed by atoms with Gasteiger partial charge in [0.25, 0.3) is 0 Å². The first-order chi connectivity index (χ1) is 14.8. The van der Waals surface area contributed by atoms with Crippen LogP contribution in [-0.2, 0) is 6.42 Å². The van der Waals surface area contributed by atoms with Crippen molar-refractivity contribution in [1.82, 2.24) is 4.90 Å². The number of nitrogens with zero attached hydrogens (tertiary/aromatic N) is 1. The molecule has 30 heavy (non-hydrogen) atoms. The summed E-state index contributed by atoms with van der Waals surface area (Å²) in [5.74, 6) is 1.67. The Morgan fingerprint density at radius 3 is 2.57 bits per heavy atom. The van der Waals surface area contributed by atoms with Crippen LogP contribution >= 0.6 is 0 Å². The van der Waals surface area contributed by atoms with Crippen LogP contribution in [0.4, 0.5) is 0 Å². The highest BCUT2D eigenvalue weighted by atomic mass is 16.7. The van der Waals surface area contributed by atoms with Crippen LogP contribution in [0, 0.1) is 0 Å². The topological polar surface area (TPSA) is 51.9 Å². The minimum absolute atomic E-state index is 0.0775. The van der Waals surface area contributed by atoms with Crippen LogP contribution in [0.3, 0.4) is 0 Å². The van der Waals surface area contributed by atoms with Gasteiger partial charge in [0.15, 0.2) is 16.8 Å². The molecule has 1 saturated heterocycles. The molecule has 2 aliphatic rings. The number of ether oxygens (including phenoxy) is 2. The molecule has 5 nitrogen and oxygen atoms in total. The number of benzene rings is 2. The molecule has 0 unspecified atom stereocenters. The highest BCUT2D eigenvalue weighted by molar-refractivity contribution is 5.87. The highest BCUT2D eigenvalue weighted by Gasteiger charge is 2.20. The van der Waals surface area contributed by atoms with Crippen molar-refractivity contribution < 1.29 is 13.9 Å². The van der Waals surface area contributed by atoms with Gasteiger partial charge in [-0.05, 0) is 69.4 Å². The number of likely N-dealkylation sites (tertiary alicyclic amines) is 1. The van der Waals surface area contributed by atoms with Gasteiger partial charge in [0.1, 0.15) is 5.76 Å². The summed E-state index contributed by atoms with van der Waals surface area (Å²) >= 11 is 0. The number of hydrogen-bond donors (Lipinski definition) is 0. The second-order valence-corrected chi connectivity index (χ2v) is 8.21. The van der Waals surface area contributed by atoms with Gasteiger partial charge in [-0.3, -0.25) is 4.79 Å². The van der Waals surface area contributed by atoms with E-state index in [1.165, 1.54) is 57.3 Å². The third kappa shape index (κ3) is 3.94. The molecule has 0 spiro atoms. The smallest absolute Gasteiger partial charge is 0.231 e. The molecule has 5 heteroatoms. The number of rotatable bonds is 6. The summed E-state index contributed by atoms with van der Waals surface area (Å²) in [6.45, 7) is 3.91. The minimum atomic E-state index is -0.0775. The van der Waals surface area contributed by atoms with Crippen molar-refractivity contribution in [3.05, 3.63) is 58.3 Å². The van der Waals surface area contributed by atoms with E-state index in [0.717, 1.165) is 12.0 Å². The predicted octanol–water partition coefficient (Wildman–Crippen LogP) is 5.00. The average Bonchev–Trinajstić information content (AvgIpc) is 3.27. The molecule has 0 amide bonds. The van der Waals surface area contributed by atoms with Crippen LogP contribution in [0.15, 0.2) is 51.7 Å². The highest BCUT2D eigenvalue weighted by Crippen LogP contribution is 2.39. The van der Waals surface area contributed by atoms with Crippen molar-refractivity contribution in [3.63, 3.8) is 0 Å². The fourth-order valence-corrected chi connectivity index (χ4v) is 4.40. The summed E-state index contributed by atoms with van der Waals surface area (Å²) < 4.78 is 17.0. The Kier molecular flexibility index (Phi) is 5.45. The fourth-order valence-electron chi connectivity index (χ4n) is 4.40. The molecule has 5 rings (SSSR count). The maximum absolute atomic E-state index is 12.6. The van der Waals surface area contributed by atoms with Crippen molar-refractivity contribution in [2.45, 2.75) is 38.5 Å². The van der Waals surface area contributed by atoms with Crippen LogP contribution in [0.1, 0.15) is 37.7 Å². The lowest BCUT2D eigenvalue weighted by Crippen LogP contribution is -2.30. The zero-order chi connectivity index (χ0) is 20.3. The predicted molar refractivity (Wildman–Crippen MR) is 117 cm³/mol. The quantitative estimate of drug-likeness (QED) is 0.541. The van der Waals surface area contributed by atoms with Crippen molar-refractivity contribution in [2.75, 3.05) is 26.4 Å². The Balaban J connectivity index is 1.27. The van der Waals surface area contributed by atoms with E-state index in [0.29, 0.717) is 28.2 Å². The van der Waals surface area contributed by atoms with Gasteiger partial charge in [-0.25, -0.2) is 0 Å². The Morgan fingerprint density at radius 2 is 1.73 bits per heavy atom. The zero-order valence-corrected chi connectivity index (χ0v) is 17.2. The van der Waals surface area contributed by atoms with E-state index >= 15 is 0 Å². The van der Waals surface area contributed by atoms with Crippen molar-refractivity contribution in [3.8, 4) is 22.8 Å². The molecule has 2 aromatic carbocycles. The summed E-state index contributed by atoms with van der Waals surface area (Å²) in [6.07, 6.45) is 7.62. The Hall–Kier alpha value is -2.79. The minimum Gasteiger partial charge on any atom is -0.453 e. The third-order valence-electron chi connectivity index (χ3n) is 6.11. The lowest BCUT2D eigenvalue weighted by molar-refractivity contribution is 0.174. The van der Waals surface area contributed by atoms with Crippen molar-refractivity contribution in [1.29, 1.82) is 0 Å². The molecule has 156 valence electrons. The van der Waals surface area contributed by atoms with Gasteiger partial charge in [-0.1, -0.05) is 30.7 Å². The average molecular weight is 405 g/mol. The Morgan fingerprint density at radius 1 is 0.900 bits per heavy atom. The van der Waals surface area contributed by atoms with Gasteiger partial charge in [-0.2, -0.15) is 0 Å². The molecule has 1 fully saturated rings. The maximum Gasteiger partial charge on any atom is 0.231 e. The van der Waals surface area contributed by atoms with Crippen LogP contribution in [0.2, 0.25) is 0 Å². The first-order valence-electron chi connectivity index (χ1n) is 11.0. The molecule has 2 aliphatic heterocycles. The van der Waals surface area contributed by atoms with Gasteiger partial charge in [-0.15, -0.1) is 0 Å². The molecule has 0 N–H and O–H groups in total. The summed E-state index contributed by atoms with van der Waals surface area (Å²) in [7, 11) is 0. The standard InChI is InChI=1S/C25H27NO4/c27-21-16-23(30-24-20(21)11-12-22-25(24)29-17-28-22)19-9-7-18(8-10-19)6-2-5-15-26-13-3-1-4-14-26/h7-12,16H,1-6,13-15,17H2. The molecule has 0 aliphatic carbocycles. The van der Waals surface area contributed by atoms with E-state index in [9.17, 15) is 4.79 Å². The van der Waals surface area contributed by atoms with E-state index in [4.69, 9.17) is 13.9 Å². The van der Waals surface area contributed by atoms with E-state index in [1.807, 2.05) is 12.1 Å². The summed E-state index contributed by atoms with van der Waals surface area (Å²) in [4.78, 5) is 15.2. The Labute approximate surface area is 176 Å². The summed E-state index contributed by atoms with van der Waals surface area (Å²) in [6, 6.07) is 13.4. The Bertz CT molecular complexity index is 1080. The number of aryl methyl sites for hydroxylation is 1. The van der Waals surface area contributed by atoms with Gasteiger partial charge in [0, 0.05) is 11.6 Å². The van der Waals surface area contributed by atoms with E-state index in [1.54, 1.807) is 18.2 Å². The lowest BCUT2D eigenvalue weighted by atomic mass is 10.0. The van der Waals surface area contributed by atoms with Gasteiger partial charge < -0.3 is 18.8 Å². The number of hydrogen-bond acceptors (Lipinski definition) is 5. The molecule has 3 aromatic rings. The van der Waals surface area contributed by atoms with Crippen LogP contribution < -0.4 is 14.9 Å². The van der Waals surface area contributed by atoms with E-state index in [2.05, 4.69) is 17.0 Å². The summed E-state index contributed by atoms with van der Waals surface area (Å²) in [5, 5.41) is 0.508. The maximum atomic E-state index is 12.6. The van der Waals surface area contributed by atoms with Gasteiger partial charge in [0.05, 0.1) is 5.39 Å². The van der Waals surface area contributed by atoms with Gasteiger partial charge >= 0.3 is 0 Å². The number of unbranched alkanes of at least 4 members (excludes halogenated alkanes) is 1. The monoisotopic (exact) mass is 405 g/mol. The molecule has 0 atom stereocenters. The van der Waals surface area contributed by atoms with Crippen LogP contribution in [0.5, 0.6) is 11.5 Å². The van der Waals surface area contributed by atoms with Crippen LogP contribution in [-0.4, -0.2) is 31.3 Å². The van der Waals surface area contributed by atoms with E-state index < -0.39 is 0 Å². The second-order valence-electron chi connectivity index (χ2n) is 8.21. The van der Waals surface area contributed by atoms with E-state index in [-0.39, 0.29) is 12.2 Å². The molecule has 0 saturated carbocycles. The largest absolute Gasteiger partial charge is 0.453 e. The normalized spacial score (nSPS) is 16.3. The summed E-state index contributed by atoms with van der Waals surface area (Å²) in [5.41, 5.74) is 2.58. The zero-order valence-electron chi connectivity index (χ0n) is 17.2. The fraction of sp³-hybridized carbons (Fsp3) is 0.400. The van der Waals surface area contributed by atoms with Crippen molar-refractivity contribution >= 4 is 11.0 Å². The third-order valence-corrected chi connectivity index (χ3v) is 6.11. The molecule has 0 bridgehead atoms. The van der Waals surface area contributed by atoms with Crippen molar-refractivity contribution in [2.24, 2.45) is 0 Å². The first-order valence-corrected chi connectivity index (χ1v) is 11.0.